The van der Waals surface area contributed by atoms with Crippen molar-refractivity contribution < 1.29 is 0 Å². The molecule has 0 amide bonds. The molecule has 0 aliphatic heterocycles. The predicted molar refractivity (Wildman–Crippen MR) is 68.4 cm³/mol. The molecule has 0 saturated carbocycles. The maximum Gasteiger partial charge on any atom is 0.125 e. The molecule has 92 valence electrons. The van der Waals surface area contributed by atoms with Crippen molar-refractivity contribution in [3.05, 3.63) is 18.2 Å². The van der Waals surface area contributed by atoms with Crippen LogP contribution in [0.25, 0.3) is 0 Å². The van der Waals surface area contributed by atoms with Gasteiger partial charge in [-0.1, -0.05) is 20.8 Å². The highest BCUT2D eigenvalue weighted by molar-refractivity contribution is 4.99. The Morgan fingerprint density at radius 2 is 2.06 bits per heavy atom. The van der Waals surface area contributed by atoms with Gasteiger partial charge in [0.15, 0.2) is 0 Å². The average molecular weight is 223 g/mol. The highest BCUT2D eigenvalue weighted by atomic mass is 15.1. The third-order valence-electron chi connectivity index (χ3n) is 2.88. The molecule has 0 aliphatic carbocycles. The van der Waals surface area contributed by atoms with Crippen molar-refractivity contribution in [1.29, 1.82) is 0 Å². The van der Waals surface area contributed by atoms with Gasteiger partial charge in [-0.2, -0.15) is 0 Å². The van der Waals surface area contributed by atoms with E-state index < -0.39 is 0 Å². The SMILES string of the molecule is CCNC(CCC(C)C)c1nccn1CC. The maximum atomic E-state index is 4.48. The van der Waals surface area contributed by atoms with Gasteiger partial charge in [0, 0.05) is 18.9 Å². The smallest absolute Gasteiger partial charge is 0.125 e. The number of nitrogens with one attached hydrogen (secondary N) is 1. The summed E-state index contributed by atoms with van der Waals surface area (Å²) in [5.41, 5.74) is 0. The van der Waals surface area contributed by atoms with Gasteiger partial charge < -0.3 is 9.88 Å². The molecule has 1 rings (SSSR count). The minimum Gasteiger partial charge on any atom is -0.334 e. The van der Waals surface area contributed by atoms with Crippen molar-refractivity contribution in [3.8, 4) is 0 Å². The topological polar surface area (TPSA) is 29.9 Å². The third kappa shape index (κ3) is 3.63. The number of aryl methyl sites for hydroxylation is 1. The summed E-state index contributed by atoms with van der Waals surface area (Å²) in [6.45, 7) is 10.9. The minimum atomic E-state index is 0.405. The van der Waals surface area contributed by atoms with Crippen LogP contribution in [-0.4, -0.2) is 16.1 Å². The molecule has 0 fully saturated rings. The molecule has 1 unspecified atom stereocenters. The lowest BCUT2D eigenvalue weighted by atomic mass is 10.0. The number of imidazole rings is 1. The van der Waals surface area contributed by atoms with Gasteiger partial charge in [0.1, 0.15) is 5.82 Å². The lowest BCUT2D eigenvalue weighted by molar-refractivity contribution is 0.421. The van der Waals surface area contributed by atoms with Gasteiger partial charge in [-0.3, -0.25) is 0 Å². The Morgan fingerprint density at radius 1 is 1.31 bits per heavy atom. The summed E-state index contributed by atoms with van der Waals surface area (Å²) in [4.78, 5) is 4.48. The van der Waals surface area contributed by atoms with Crippen LogP contribution in [0.5, 0.6) is 0 Å². The molecular formula is C13H25N3. The molecule has 0 spiro atoms. The Morgan fingerprint density at radius 3 is 2.62 bits per heavy atom. The highest BCUT2D eigenvalue weighted by Crippen LogP contribution is 2.19. The summed E-state index contributed by atoms with van der Waals surface area (Å²) >= 11 is 0. The minimum absolute atomic E-state index is 0.405. The summed E-state index contributed by atoms with van der Waals surface area (Å²) < 4.78 is 2.23. The van der Waals surface area contributed by atoms with E-state index in [0.29, 0.717) is 6.04 Å². The first kappa shape index (κ1) is 13.2. The summed E-state index contributed by atoms with van der Waals surface area (Å²) in [5.74, 6) is 1.94. The zero-order valence-corrected chi connectivity index (χ0v) is 11.0. The van der Waals surface area contributed by atoms with Crippen molar-refractivity contribution in [3.63, 3.8) is 0 Å². The average Bonchev–Trinajstić information content (AvgIpc) is 2.71. The Bertz CT molecular complexity index is 291. The first-order valence-electron chi connectivity index (χ1n) is 6.43. The molecule has 3 nitrogen and oxygen atoms in total. The summed E-state index contributed by atoms with van der Waals surface area (Å²) in [5, 5.41) is 3.53. The Hall–Kier alpha value is -0.830. The molecule has 1 atom stereocenters. The Labute approximate surface area is 99.3 Å². The van der Waals surface area contributed by atoms with Crippen molar-refractivity contribution in [2.75, 3.05) is 6.54 Å². The number of rotatable bonds is 7. The van der Waals surface area contributed by atoms with Crippen molar-refractivity contribution >= 4 is 0 Å². The standard InChI is InChI=1S/C13H25N3/c1-5-14-12(8-7-11(3)4)13-15-9-10-16(13)6-2/h9-12,14H,5-8H2,1-4H3. The molecule has 1 N–H and O–H groups in total. The molecule has 0 radical (unpaired) electrons. The Kier molecular flexibility index (Phi) is 5.53. The number of hydrogen-bond donors (Lipinski definition) is 1. The van der Waals surface area contributed by atoms with Crippen LogP contribution in [0, 0.1) is 5.92 Å². The molecule has 0 bridgehead atoms. The van der Waals surface area contributed by atoms with Gasteiger partial charge in [0.2, 0.25) is 0 Å². The molecule has 0 saturated heterocycles. The van der Waals surface area contributed by atoms with Crippen molar-refractivity contribution in [2.24, 2.45) is 5.92 Å². The van der Waals surface area contributed by atoms with Gasteiger partial charge in [-0.15, -0.1) is 0 Å². The second-order valence-electron chi connectivity index (χ2n) is 4.65. The molecule has 3 heteroatoms. The van der Waals surface area contributed by atoms with E-state index >= 15 is 0 Å². The monoisotopic (exact) mass is 223 g/mol. The van der Waals surface area contributed by atoms with E-state index in [2.05, 4.69) is 48.8 Å². The van der Waals surface area contributed by atoms with Crippen molar-refractivity contribution in [1.82, 2.24) is 14.9 Å². The Balaban J connectivity index is 2.68. The second kappa shape index (κ2) is 6.69. The normalized spacial score (nSPS) is 13.3. The van der Waals surface area contributed by atoms with Crippen LogP contribution in [0.1, 0.15) is 52.4 Å². The van der Waals surface area contributed by atoms with Crippen LogP contribution in [0.4, 0.5) is 0 Å². The fraction of sp³-hybridized carbons (Fsp3) is 0.769. The fourth-order valence-corrected chi connectivity index (χ4v) is 1.97. The van der Waals surface area contributed by atoms with Crippen LogP contribution in [-0.2, 0) is 6.54 Å². The summed E-state index contributed by atoms with van der Waals surface area (Å²) in [7, 11) is 0. The van der Waals surface area contributed by atoms with Gasteiger partial charge in [0.05, 0.1) is 6.04 Å². The lowest BCUT2D eigenvalue weighted by Gasteiger charge is -2.19. The van der Waals surface area contributed by atoms with Crippen LogP contribution < -0.4 is 5.32 Å². The van der Waals surface area contributed by atoms with Gasteiger partial charge in [0.25, 0.3) is 0 Å². The quantitative estimate of drug-likeness (QED) is 0.770. The predicted octanol–water partition coefficient (Wildman–Crippen LogP) is 2.99. The van der Waals surface area contributed by atoms with E-state index in [0.717, 1.165) is 19.0 Å². The van der Waals surface area contributed by atoms with Gasteiger partial charge >= 0.3 is 0 Å². The number of nitrogens with zero attached hydrogens (tertiary/aromatic N) is 2. The number of hydrogen-bond acceptors (Lipinski definition) is 2. The molecule has 1 aromatic rings. The molecule has 0 aromatic carbocycles. The first-order valence-corrected chi connectivity index (χ1v) is 6.43. The maximum absolute atomic E-state index is 4.48. The highest BCUT2D eigenvalue weighted by Gasteiger charge is 2.15. The van der Waals surface area contributed by atoms with Gasteiger partial charge in [-0.25, -0.2) is 4.98 Å². The third-order valence-corrected chi connectivity index (χ3v) is 2.88. The second-order valence-corrected chi connectivity index (χ2v) is 4.65. The van der Waals surface area contributed by atoms with Gasteiger partial charge in [-0.05, 0) is 32.2 Å². The van der Waals surface area contributed by atoms with E-state index in [4.69, 9.17) is 0 Å². The molecular weight excluding hydrogens is 198 g/mol. The zero-order valence-electron chi connectivity index (χ0n) is 11.0. The van der Waals surface area contributed by atoms with E-state index in [1.54, 1.807) is 0 Å². The number of aromatic nitrogens is 2. The zero-order chi connectivity index (χ0) is 12.0. The molecule has 1 aromatic heterocycles. The van der Waals surface area contributed by atoms with Crippen LogP contribution in [0.3, 0.4) is 0 Å². The summed E-state index contributed by atoms with van der Waals surface area (Å²) in [6, 6.07) is 0.405. The molecule has 16 heavy (non-hydrogen) atoms. The summed E-state index contributed by atoms with van der Waals surface area (Å²) in [6.07, 6.45) is 6.38. The lowest BCUT2D eigenvalue weighted by Crippen LogP contribution is -2.24. The van der Waals surface area contributed by atoms with E-state index in [1.165, 1.54) is 18.7 Å². The van der Waals surface area contributed by atoms with Crippen molar-refractivity contribution in [2.45, 2.75) is 53.1 Å². The van der Waals surface area contributed by atoms with E-state index in [9.17, 15) is 0 Å². The van der Waals surface area contributed by atoms with Crippen LogP contribution in [0.2, 0.25) is 0 Å². The van der Waals surface area contributed by atoms with Crippen LogP contribution >= 0.6 is 0 Å². The molecule has 1 heterocycles. The fourth-order valence-electron chi connectivity index (χ4n) is 1.97. The van der Waals surface area contributed by atoms with Crippen LogP contribution in [0.15, 0.2) is 12.4 Å². The largest absolute Gasteiger partial charge is 0.334 e. The molecule has 0 aliphatic rings. The first-order chi connectivity index (χ1) is 7.69. The van der Waals surface area contributed by atoms with E-state index in [-0.39, 0.29) is 0 Å². The van der Waals surface area contributed by atoms with E-state index in [1.807, 2.05) is 6.20 Å².